The molecule has 1 aromatic rings. The minimum Gasteiger partial charge on any atom is -0.396 e. The van der Waals surface area contributed by atoms with Crippen LogP contribution in [0, 0.1) is 5.41 Å². The summed E-state index contributed by atoms with van der Waals surface area (Å²) in [6, 6.07) is 10.6. The molecule has 5 nitrogen and oxygen atoms in total. The van der Waals surface area contributed by atoms with Gasteiger partial charge in [-0.25, -0.2) is 0 Å². The number of hydrogen-bond donors (Lipinski definition) is 3. The minimum absolute atomic E-state index is 0. The SMILES string of the molecule is CCNC(=NCC1(CCO)CCOC1)NCC(CC)c1ccccc1.I. The Morgan fingerprint density at radius 2 is 2.04 bits per heavy atom. The highest BCUT2D eigenvalue weighted by atomic mass is 127. The topological polar surface area (TPSA) is 65.9 Å². The summed E-state index contributed by atoms with van der Waals surface area (Å²) >= 11 is 0. The lowest BCUT2D eigenvalue weighted by Crippen LogP contribution is -2.40. The zero-order valence-corrected chi connectivity index (χ0v) is 18.4. The number of nitrogens with zero attached hydrogens (tertiary/aromatic N) is 1. The van der Waals surface area contributed by atoms with Crippen molar-refractivity contribution in [2.75, 3.05) is 39.5 Å². The van der Waals surface area contributed by atoms with Gasteiger partial charge in [-0.1, -0.05) is 37.3 Å². The molecule has 2 unspecified atom stereocenters. The molecule has 0 aromatic heterocycles. The lowest BCUT2D eigenvalue weighted by Gasteiger charge is -2.25. The predicted octanol–water partition coefficient (Wildman–Crippen LogP) is 3.14. The van der Waals surface area contributed by atoms with Gasteiger partial charge in [0.25, 0.3) is 0 Å². The van der Waals surface area contributed by atoms with Gasteiger partial charge in [0.2, 0.25) is 0 Å². The largest absolute Gasteiger partial charge is 0.396 e. The molecule has 0 radical (unpaired) electrons. The maximum atomic E-state index is 9.36. The molecule has 0 aliphatic carbocycles. The van der Waals surface area contributed by atoms with Crippen LogP contribution in [0.4, 0.5) is 0 Å². The van der Waals surface area contributed by atoms with Crippen molar-refractivity contribution in [3.63, 3.8) is 0 Å². The molecule has 1 aromatic carbocycles. The predicted molar refractivity (Wildman–Crippen MR) is 118 cm³/mol. The van der Waals surface area contributed by atoms with E-state index in [9.17, 15) is 5.11 Å². The third-order valence-electron chi connectivity index (χ3n) is 5.02. The molecule has 1 heterocycles. The normalized spacial score (nSPS) is 21.1. The van der Waals surface area contributed by atoms with Crippen LogP contribution in [0.1, 0.15) is 44.6 Å². The molecule has 1 aliphatic rings. The smallest absolute Gasteiger partial charge is 0.191 e. The molecule has 3 N–H and O–H groups in total. The van der Waals surface area contributed by atoms with Crippen molar-refractivity contribution in [2.45, 2.75) is 39.0 Å². The fourth-order valence-corrected chi connectivity index (χ4v) is 3.32. The first-order valence-corrected chi connectivity index (χ1v) is 9.48. The van der Waals surface area contributed by atoms with Gasteiger partial charge in [0, 0.05) is 37.6 Å². The highest BCUT2D eigenvalue weighted by molar-refractivity contribution is 14.0. The van der Waals surface area contributed by atoms with Crippen LogP contribution in [0.25, 0.3) is 0 Å². The van der Waals surface area contributed by atoms with Gasteiger partial charge in [0.15, 0.2) is 5.96 Å². The lowest BCUT2D eigenvalue weighted by atomic mass is 9.84. The van der Waals surface area contributed by atoms with Gasteiger partial charge in [-0.3, -0.25) is 4.99 Å². The monoisotopic (exact) mass is 475 g/mol. The van der Waals surface area contributed by atoms with Crippen molar-refractivity contribution < 1.29 is 9.84 Å². The summed E-state index contributed by atoms with van der Waals surface area (Å²) in [6.45, 7) is 8.32. The standard InChI is InChI=1S/C20H33N3O2.HI/c1-3-17(18-8-6-5-7-9-18)14-22-19(21-4-2)23-15-20(10-12-24)11-13-25-16-20;/h5-9,17,24H,3-4,10-16H2,1-2H3,(H2,21,22,23);1H. The summed E-state index contributed by atoms with van der Waals surface area (Å²) in [6.07, 6.45) is 2.80. The highest BCUT2D eigenvalue weighted by Gasteiger charge is 2.34. The van der Waals surface area contributed by atoms with Gasteiger partial charge in [-0.05, 0) is 31.7 Å². The van der Waals surface area contributed by atoms with Crippen LogP contribution in [0.2, 0.25) is 0 Å². The molecule has 1 fully saturated rings. The average molecular weight is 475 g/mol. The molecule has 26 heavy (non-hydrogen) atoms. The maximum absolute atomic E-state index is 9.36. The number of guanidine groups is 1. The zero-order chi connectivity index (χ0) is 18.0. The Bertz CT molecular complexity index is 519. The fraction of sp³-hybridized carbons (Fsp3) is 0.650. The number of aliphatic imine (C=N–C) groups is 1. The minimum atomic E-state index is -0.0132. The molecule has 1 aliphatic heterocycles. The van der Waals surface area contributed by atoms with E-state index in [0.29, 0.717) is 19.1 Å². The summed E-state index contributed by atoms with van der Waals surface area (Å²) in [5.41, 5.74) is 1.34. The van der Waals surface area contributed by atoms with E-state index < -0.39 is 0 Å². The Morgan fingerprint density at radius 3 is 2.62 bits per heavy atom. The van der Waals surface area contributed by atoms with Gasteiger partial charge < -0.3 is 20.5 Å². The van der Waals surface area contributed by atoms with E-state index in [1.807, 2.05) is 0 Å². The molecule has 0 spiro atoms. The number of ether oxygens (including phenoxy) is 1. The molecule has 148 valence electrons. The van der Waals surface area contributed by atoms with Crippen molar-refractivity contribution in [1.29, 1.82) is 0 Å². The van der Waals surface area contributed by atoms with E-state index in [0.717, 1.165) is 44.9 Å². The maximum Gasteiger partial charge on any atom is 0.191 e. The van der Waals surface area contributed by atoms with E-state index in [2.05, 4.69) is 54.8 Å². The second-order valence-electron chi connectivity index (χ2n) is 6.87. The molecule has 0 saturated carbocycles. The molecular formula is C20H34IN3O2. The van der Waals surface area contributed by atoms with Gasteiger partial charge in [0.1, 0.15) is 0 Å². The van der Waals surface area contributed by atoms with Gasteiger partial charge in [0.05, 0.1) is 13.2 Å². The van der Waals surface area contributed by atoms with E-state index in [4.69, 9.17) is 9.73 Å². The lowest BCUT2D eigenvalue weighted by molar-refractivity contribution is 0.131. The molecule has 1 saturated heterocycles. The van der Waals surface area contributed by atoms with Crippen LogP contribution < -0.4 is 10.6 Å². The third kappa shape index (κ3) is 7.04. The number of aliphatic hydroxyl groups is 1. The van der Waals surface area contributed by atoms with Crippen molar-refractivity contribution in [3.8, 4) is 0 Å². The van der Waals surface area contributed by atoms with Crippen LogP contribution in [-0.4, -0.2) is 50.5 Å². The van der Waals surface area contributed by atoms with Crippen LogP contribution in [-0.2, 0) is 4.74 Å². The first kappa shape index (κ1) is 23.2. The number of nitrogens with one attached hydrogen (secondary N) is 2. The van der Waals surface area contributed by atoms with Crippen LogP contribution in [0.3, 0.4) is 0 Å². The number of hydrogen-bond acceptors (Lipinski definition) is 3. The van der Waals surface area contributed by atoms with E-state index in [1.54, 1.807) is 0 Å². The van der Waals surface area contributed by atoms with Crippen molar-refractivity contribution in [2.24, 2.45) is 10.4 Å². The van der Waals surface area contributed by atoms with Crippen LogP contribution in [0.5, 0.6) is 0 Å². The highest BCUT2D eigenvalue weighted by Crippen LogP contribution is 2.32. The Hall–Kier alpha value is -0.860. The molecule has 6 heteroatoms. The molecule has 2 atom stereocenters. The van der Waals surface area contributed by atoms with Crippen LogP contribution in [0.15, 0.2) is 35.3 Å². The Kier molecular flexibility index (Phi) is 11.2. The molecule has 2 rings (SSSR count). The number of benzene rings is 1. The summed E-state index contributed by atoms with van der Waals surface area (Å²) in [5, 5.41) is 16.2. The Morgan fingerprint density at radius 1 is 1.27 bits per heavy atom. The van der Waals surface area contributed by atoms with E-state index >= 15 is 0 Å². The first-order chi connectivity index (χ1) is 12.2. The van der Waals surface area contributed by atoms with Gasteiger partial charge in [-0.2, -0.15) is 0 Å². The molecular weight excluding hydrogens is 441 g/mol. The Labute approximate surface area is 175 Å². The summed E-state index contributed by atoms with van der Waals surface area (Å²) < 4.78 is 5.56. The second kappa shape index (κ2) is 12.5. The Balaban J connectivity index is 0.00000338. The number of rotatable bonds is 9. The van der Waals surface area contributed by atoms with E-state index in [1.165, 1.54) is 5.56 Å². The molecule has 0 amide bonds. The van der Waals surface area contributed by atoms with Crippen molar-refractivity contribution in [1.82, 2.24) is 10.6 Å². The van der Waals surface area contributed by atoms with Gasteiger partial charge >= 0.3 is 0 Å². The summed E-state index contributed by atoms with van der Waals surface area (Å²) in [4.78, 5) is 4.79. The second-order valence-corrected chi connectivity index (χ2v) is 6.87. The quantitative estimate of drug-likeness (QED) is 0.292. The number of aliphatic hydroxyl groups excluding tert-OH is 1. The average Bonchev–Trinajstić information content (AvgIpc) is 3.10. The fourth-order valence-electron chi connectivity index (χ4n) is 3.32. The van der Waals surface area contributed by atoms with Crippen LogP contribution >= 0.6 is 24.0 Å². The first-order valence-electron chi connectivity index (χ1n) is 9.48. The van der Waals surface area contributed by atoms with Gasteiger partial charge in [-0.15, -0.1) is 24.0 Å². The number of halogens is 1. The van der Waals surface area contributed by atoms with Crippen molar-refractivity contribution >= 4 is 29.9 Å². The summed E-state index contributed by atoms with van der Waals surface area (Å²) in [7, 11) is 0. The zero-order valence-electron chi connectivity index (χ0n) is 16.0. The van der Waals surface area contributed by atoms with Crippen molar-refractivity contribution in [3.05, 3.63) is 35.9 Å². The van der Waals surface area contributed by atoms with E-state index in [-0.39, 0.29) is 36.0 Å². The molecule has 0 bridgehead atoms. The summed E-state index contributed by atoms with van der Waals surface area (Å²) in [5.74, 6) is 1.31. The third-order valence-corrected chi connectivity index (χ3v) is 5.02.